The molecule has 5 heteroatoms. The van der Waals surface area contributed by atoms with Gasteiger partial charge >= 0.3 is 0 Å². The van der Waals surface area contributed by atoms with E-state index in [1.54, 1.807) is 11.0 Å². The molecule has 25 heavy (non-hydrogen) atoms. The quantitative estimate of drug-likeness (QED) is 0.870. The van der Waals surface area contributed by atoms with Crippen LogP contribution in [0.25, 0.3) is 12.2 Å². The van der Waals surface area contributed by atoms with Crippen molar-refractivity contribution in [1.29, 1.82) is 0 Å². The average Bonchev–Trinajstić information content (AvgIpc) is 2.93. The molecule has 1 aliphatic heterocycles. The lowest BCUT2D eigenvalue weighted by atomic mass is 10.1. The van der Waals surface area contributed by atoms with E-state index in [0.29, 0.717) is 13.0 Å². The number of amides is 2. The van der Waals surface area contributed by atoms with E-state index in [1.165, 1.54) is 19.1 Å². The van der Waals surface area contributed by atoms with Crippen molar-refractivity contribution in [2.24, 2.45) is 0 Å². The molecular formula is C20H19FN2O2. The van der Waals surface area contributed by atoms with Crippen LogP contribution in [-0.2, 0) is 9.59 Å². The minimum absolute atomic E-state index is 0.00167. The number of carbonyl (C=O) groups excluding carboxylic acids is 2. The van der Waals surface area contributed by atoms with Crippen molar-refractivity contribution in [1.82, 2.24) is 5.32 Å². The third kappa shape index (κ3) is 4.32. The number of nitrogens with one attached hydrogen (secondary N) is 1. The first-order valence-corrected chi connectivity index (χ1v) is 8.12. The Kier molecular flexibility index (Phi) is 4.93. The Balaban J connectivity index is 1.68. The fraction of sp³-hybridized carbons (Fsp3) is 0.200. The second-order valence-corrected chi connectivity index (χ2v) is 6.09. The Labute approximate surface area is 146 Å². The van der Waals surface area contributed by atoms with Gasteiger partial charge in [-0.3, -0.25) is 9.59 Å². The van der Waals surface area contributed by atoms with Gasteiger partial charge < -0.3 is 10.2 Å². The summed E-state index contributed by atoms with van der Waals surface area (Å²) in [7, 11) is 0. The monoisotopic (exact) mass is 338 g/mol. The number of anilines is 1. The van der Waals surface area contributed by atoms with Gasteiger partial charge in [0.25, 0.3) is 0 Å². The highest BCUT2D eigenvalue weighted by atomic mass is 19.1. The van der Waals surface area contributed by atoms with Crippen LogP contribution in [0.2, 0.25) is 0 Å². The maximum Gasteiger partial charge on any atom is 0.229 e. The third-order valence-corrected chi connectivity index (χ3v) is 4.05. The zero-order chi connectivity index (χ0) is 17.8. The lowest BCUT2D eigenvalue weighted by Gasteiger charge is -2.17. The highest BCUT2D eigenvalue weighted by molar-refractivity contribution is 5.96. The molecular weight excluding hydrogens is 319 g/mol. The van der Waals surface area contributed by atoms with Crippen LogP contribution in [0.1, 0.15) is 24.5 Å². The topological polar surface area (TPSA) is 49.4 Å². The Bertz CT molecular complexity index is 815. The lowest BCUT2D eigenvalue weighted by Crippen LogP contribution is -2.35. The minimum atomic E-state index is -0.265. The molecule has 1 unspecified atom stereocenters. The van der Waals surface area contributed by atoms with Crippen LogP contribution in [0.5, 0.6) is 0 Å². The summed E-state index contributed by atoms with van der Waals surface area (Å²) in [5.41, 5.74) is 2.55. The molecule has 1 saturated heterocycles. The summed E-state index contributed by atoms with van der Waals surface area (Å²) in [4.78, 5) is 24.9. The van der Waals surface area contributed by atoms with E-state index >= 15 is 0 Å². The average molecular weight is 338 g/mol. The maximum atomic E-state index is 13.2. The SMILES string of the molecule is CC(=O)NC1CC(=O)N(c2ccc(/C=C/c3cccc(F)c3)cc2)C1. The van der Waals surface area contributed by atoms with Crippen LogP contribution in [0, 0.1) is 5.82 Å². The van der Waals surface area contributed by atoms with Crippen molar-refractivity contribution in [2.75, 3.05) is 11.4 Å². The second kappa shape index (κ2) is 7.30. The molecule has 1 aliphatic rings. The van der Waals surface area contributed by atoms with Crippen LogP contribution in [-0.4, -0.2) is 24.4 Å². The molecule has 2 aromatic carbocycles. The molecule has 0 radical (unpaired) electrons. The van der Waals surface area contributed by atoms with Gasteiger partial charge in [-0.2, -0.15) is 0 Å². The first kappa shape index (κ1) is 16.9. The Hall–Kier alpha value is -2.95. The Morgan fingerprint density at radius 2 is 1.88 bits per heavy atom. The molecule has 1 N–H and O–H groups in total. The Morgan fingerprint density at radius 1 is 1.16 bits per heavy atom. The van der Waals surface area contributed by atoms with Gasteiger partial charge in [0.05, 0.1) is 6.04 Å². The van der Waals surface area contributed by atoms with Crippen molar-refractivity contribution < 1.29 is 14.0 Å². The highest BCUT2D eigenvalue weighted by Crippen LogP contribution is 2.22. The first-order chi connectivity index (χ1) is 12.0. The minimum Gasteiger partial charge on any atom is -0.351 e. The highest BCUT2D eigenvalue weighted by Gasteiger charge is 2.30. The fourth-order valence-electron chi connectivity index (χ4n) is 2.91. The summed E-state index contributed by atoms with van der Waals surface area (Å²) in [5, 5.41) is 2.78. The summed E-state index contributed by atoms with van der Waals surface area (Å²) >= 11 is 0. The molecule has 0 aromatic heterocycles. The number of carbonyl (C=O) groups is 2. The molecule has 0 bridgehead atoms. The molecule has 4 nitrogen and oxygen atoms in total. The molecule has 3 rings (SSSR count). The third-order valence-electron chi connectivity index (χ3n) is 4.05. The van der Waals surface area contributed by atoms with Gasteiger partial charge in [-0.05, 0) is 35.4 Å². The summed E-state index contributed by atoms with van der Waals surface area (Å²) in [5.74, 6) is -0.391. The normalized spacial score (nSPS) is 17.3. The van der Waals surface area contributed by atoms with Crippen LogP contribution in [0.15, 0.2) is 48.5 Å². The first-order valence-electron chi connectivity index (χ1n) is 8.12. The van der Waals surface area contributed by atoms with Gasteiger partial charge in [0.1, 0.15) is 5.82 Å². The molecule has 1 fully saturated rings. The van der Waals surface area contributed by atoms with Crippen molar-refractivity contribution in [3.05, 3.63) is 65.5 Å². The predicted molar refractivity (Wildman–Crippen MR) is 96.3 cm³/mol. The number of benzene rings is 2. The molecule has 1 atom stereocenters. The summed E-state index contributed by atoms with van der Waals surface area (Å²) in [6.07, 6.45) is 4.05. The van der Waals surface area contributed by atoms with Crippen molar-refractivity contribution in [3.63, 3.8) is 0 Å². The van der Waals surface area contributed by atoms with E-state index in [2.05, 4.69) is 5.32 Å². The molecule has 128 valence electrons. The predicted octanol–water partition coefficient (Wildman–Crippen LogP) is 3.24. The van der Waals surface area contributed by atoms with Gasteiger partial charge in [0, 0.05) is 25.6 Å². The van der Waals surface area contributed by atoms with Gasteiger partial charge in [-0.1, -0.05) is 36.4 Å². The smallest absolute Gasteiger partial charge is 0.229 e. The van der Waals surface area contributed by atoms with Crippen molar-refractivity contribution >= 4 is 29.7 Å². The number of hydrogen-bond donors (Lipinski definition) is 1. The number of rotatable bonds is 4. The molecule has 0 spiro atoms. The lowest BCUT2D eigenvalue weighted by molar-refractivity contribution is -0.119. The standard InChI is InChI=1S/C20H19FN2O2/c1-14(24)22-18-12-20(25)23(13-18)19-9-7-15(8-10-19)5-6-16-3-2-4-17(21)11-16/h2-11,18H,12-13H2,1H3,(H,22,24)/b6-5+. The van der Waals surface area contributed by atoms with E-state index in [1.807, 2.05) is 42.5 Å². The van der Waals surface area contributed by atoms with Gasteiger partial charge in [0.15, 0.2) is 0 Å². The summed E-state index contributed by atoms with van der Waals surface area (Å²) in [6.45, 7) is 1.93. The van der Waals surface area contributed by atoms with Gasteiger partial charge in [-0.15, -0.1) is 0 Å². The van der Waals surface area contributed by atoms with E-state index in [4.69, 9.17) is 0 Å². The summed E-state index contributed by atoms with van der Waals surface area (Å²) < 4.78 is 13.2. The summed E-state index contributed by atoms with van der Waals surface area (Å²) in [6, 6.07) is 13.8. The Morgan fingerprint density at radius 3 is 2.56 bits per heavy atom. The molecule has 1 heterocycles. The zero-order valence-corrected chi connectivity index (χ0v) is 13.9. The van der Waals surface area contributed by atoms with E-state index in [9.17, 15) is 14.0 Å². The van der Waals surface area contributed by atoms with Crippen LogP contribution in [0.3, 0.4) is 0 Å². The van der Waals surface area contributed by atoms with Crippen LogP contribution < -0.4 is 10.2 Å². The van der Waals surface area contributed by atoms with Gasteiger partial charge in [-0.25, -0.2) is 4.39 Å². The number of nitrogens with zero attached hydrogens (tertiary/aromatic N) is 1. The fourth-order valence-corrected chi connectivity index (χ4v) is 2.91. The maximum absolute atomic E-state index is 13.2. The second-order valence-electron chi connectivity index (χ2n) is 6.09. The number of hydrogen-bond acceptors (Lipinski definition) is 2. The van der Waals surface area contributed by atoms with E-state index < -0.39 is 0 Å². The van der Waals surface area contributed by atoms with Crippen molar-refractivity contribution in [2.45, 2.75) is 19.4 Å². The zero-order valence-electron chi connectivity index (χ0n) is 13.9. The number of halogens is 1. The molecule has 2 amide bonds. The van der Waals surface area contributed by atoms with Gasteiger partial charge in [0.2, 0.25) is 11.8 Å². The molecule has 0 saturated carbocycles. The van der Waals surface area contributed by atoms with E-state index in [-0.39, 0.29) is 23.7 Å². The van der Waals surface area contributed by atoms with Crippen molar-refractivity contribution in [3.8, 4) is 0 Å². The largest absolute Gasteiger partial charge is 0.351 e. The molecule has 2 aromatic rings. The van der Waals surface area contributed by atoms with Crippen LogP contribution >= 0.6 is 0 Å². The molecule has 0 aliphatic carbocycles. The van der Waals surface area contributed by atoms with Crippen LogP contribution in [0.4, 0.5) is 10.1 Å². The van der Waals surface area contributed by atoms with E-state index in [0.717, 1.165) is 16.8 Å².